The molecule has 162 valence electrons. The summed E-state index contributed by atoms with van der Waals surface area (Å²) in [6.45, 7) is 9.40. The van der Waals surface area contributed by atoms with Gasteiger partial charge < -0.3 is 14.8 Å². The number of amides is 1. The van der Waals surface area contributed by atoms with E-state index < -0.39 is 10.0 Å². The fourth-order valence-corrected chi connectivity index (χ4v) is 5.18. The lowest BCUT2D eigenvalue weighted by atomic mass is 10.1. The molecule has 0 aliphatic carbocycles. The van der Waals surface area contributed by atoms with Crippen molar-refractivity contribution in [2.45, 2.75) is 31.2 Å². The molecule has 2 aliphatic rings. The third kappa shape index (κ3) is 5.76. The second-order valence-corrected chi connectivity index (χ2v) is 9.52. The first-order valence-corrected chi connectivity index (χ1v) is 11.6. The molecule has 1 aromatic rings. The molecule has 29 heavy (non-hydrogen) atoms. The summed E-state index contributed by atoms with van der Waals surface area (Å²) in [5, 5.41) is 2.99. The smallest absolute Gasteiger partial charge is 0.251 e. The van der Waals surface area contributed by atoms with Crippen molar-refractivity contribution in [2.75, 3.05) is 59.2 Å². The molecule has 0 spiro atoms. The van der Waals surface area contributed by atoms with Crippen molar-refractivity contribution in [2.24, 2.45) is 0 Å². The maximum atomic E-state index is 13.0. The van der Waals surface area contributed by atoms with E-state index in [4.69, 9.17) is 9.47 Å². The van der Waals surface area contributed by atoms with Gasteiger partial charge in [0, 0.05) is 44.3 Å². The molecule has 9 heteroatoms. The van der Waals surface area contributed by atoms with Gasteiger partial charge in [-0.15, -0.1) is 0 Å². The van der Waals surface area contributed by atoms with E-state index in [-0.39, 0.29) is 16.8 Å². The van der Waals surface area contributed by atoms with Crippen LogP contribution >= 0.6 is 0 Å². The summed E-state index contributed by atoms with van der Waals surface area (Å²) >= 11 is 0. The Balaban J connectivity index is 1.64. The van der Waals surface area contributed by atoms with Gasteiger partial charge in [0.2, 0.25) is 10.0 Å². The van der Waals surface area contributed by atoms with E-state index in [0.717, 1.165) is 39.3 Å². The number of nitrogens with zero attached hydrogens (tertiary/aromatic N) is 2. The maximum absolute atomic E-state index is 13.0. The summed E-state index contributed by atoms with van der Waals surface area (Å²) in [6.07, 6.45) is 0.830. The second-order valence-electron chi connectivity index (χ2n) is 7.61. The first-order valence-electron chi connectivity index (χ1n) is 10.2. The van der Waals surface area contributed by atoms with Crippen LogP contribution in [0.15, 0.2) is 23.1 Å². The molecule has 1 atom stereocenters. The Morgan fingerprint density at radius 1 is 1.10 bits per heavy atom. The van der Waals surface area contributed by atoms with E-state index in [1.807, 2.05) is 6.92 Å². The summed E-state index contributed by atoms with van der Waals surface area (Å²) in [6, 6.07) is 4.86. The molecule has 2 aliphatic heterocycles. The molecule has 3 rings (SSSR count). The van der Waals surface area contributed by atoms with Crippen LogP contribution in [0, 0.1) is 6.92 Å². The molecule has 0 saturated carbocycles. The summed E-state index contributed by atoms with van der Waals surface area (Å²) in [5.74, 6) is -0.252. The zero-order valence-electron chi connectivity index (χ0n) is 17.2. The standard InChI is InChI=1S/C20H31N3O5S/c1-16-3-4-18(15-19(16)29(25,26)23-9-13-28-14-10-23)20(24)21-17(2)5-6-22-7-11-27-12-8-22/h3-4,15,17H,5-14H2,1-2H3,(H,21,24). The fourth-order valence-electron chi connectivity index (χ4n) is 3.53. The predicted octanol–water partition coefficient (Wildman–Crippen LogP) is 0.857. The number of carbonyl (C=O) groups excluding carboxylic acids is 1. The minimum atomic E-state index is -3.65. The Labute approximate surface area is 173 Å². The highest BCUT2D eigenvalue weighted by Crippen LogP contribution is 2.22. The monoisotopic (exact) mass is 425 g/mol. The van der Waals surface area contributed by atoms with Gasteiger partial charge in [-0.25, -0.2) is 8.42 Å². The van der Waals surface area contributed by atoms with Crippen LogP contribution in [0.1, 0.15) is 29.3 Å². The van der Waals surface area contributed by atoms with Gasteiger partial charge in [-0.05, 0) is 38.0 Å². The number of aryl methyl sites for hydroxylation is 1. The highest BCUT2D eigenvalue weighted by molar-refractivity contribution is 7.89. The Bertz CT molecular complexity index is 802. The van der Waals surface area contributed by atoms with E-state index in [1.165, 1.54) is 10.4 Å². The molecule has 0 radical (unpaired) electrons. The van der Waals surface area contributed by atoms with Gasteiger partial charge in [-0.1, -0.05) is 6.07 Å². The summed E-state index contributed by atoms with van der Waals surface area (Å²) in [5.41, 5.74) is 0.995. The van der Waals surface area contributed by atoms with Gasteiger partial charge in [0.05, 0.1) is 31.3 Å². The Morgan fingerprint density at radius 3 is 2.38 bits per heavy atom. The number of benzene rings is 1. The van der Waals surface area contributed by atoms with Crippen molar-refractivity contribution in [3.05, 3.63) is 29.3 Å². The number of hydrogen-bond donors (Lipinski definition) is 1. The lowest BCUT2D eigenvalue weighted by Crippen LogP contribution is -2.41. The Kier molecular flexibility index (Phi) is 7.64. The summed E-state index contributed by atoms with van der Waals surface area (Å²) in [4.78, 5) is 15.2. The number of rotatable bonds is 7. The highest BCUT2D eigenvalue weighted by atomic mass is 32.2. The fraction of sp³-hybridized carbons (Fsp3) is 0.650. The van der Waals surface area contributed by atoms with Crippen LogP contribution < -0.4 is 5.32 Å². The molecule has 1 unspecified atom stereocenters. The molecule has 1 amide bonds. The van der Waals surface area contributed by atoms with Crippen molar-refractivity contribution in [1.82, 2.24) is 14.5 Å². The van der Waals surface area contributed by atoms with Gasteiger partial charge in [-0.2, -0.15) is 4.31 Å². The van der Waals surface area contributed by atoms with Crippen molar-refractivity contribution < 1.29 is 22.7 Å². The Hall–Kier alpha value is -1.52. The molecule has 2 fully saturated rings. The molecule has 1 aromatic carbocycles. The largest absolute Gasteiger partial charge is 0.379 e. The van der Waals surface area contributed by atoms with E-state index >= 15 is 0 Å². The van der Waals surface area contributed by atoms with Gasteiger partial charge in [-0.3, -0.25) is 9.69 Å². The summed E-state index contributed by atoms with van der Waals surface area (Å²) < 4.78 is 38.0. The predicted molar refractivity (Wildman–Crippen MR) is 110 cm³/mol. The number of carbonyl (C=O) groups is 1. The molecule has 2 heterocycles. The number of hydrogen-bond acceptors (Lipinski definition) is 6. The van der Waals surface area contributed by atoms with Crippen molar-refractivity contribution in [3.8, 4) is 0 Å². The normalized spacial score (nSPS) is 20.3. The van der Waals surface area contributed by atoms with E-state index in [0.29, 0.717) is 37.4 Å². The molecule has 0 aromatic heterocycles. The van der Waals surface area contributed by atoms with Gasteiger partial charge in [0.25, 0.3) is 5.91 Å². The number of ether oxygens (including phenoxy) is 2. The van der Waals surface area contributed by atoms with Crippen molar-refractivity contribution in [3.63, 3.8) is 0 Å². The van der Waals surface area contributed by atoms with Gasteiger partial charge in [0.1, 0.15) is 0 Å². The number of nitrogens with one attached hydrogen (secondary N) is 1. The van der Waals surface area contributed by atoms with E-state index in [1.54, 1.807) is 19.1 Å². The topological polar surface area (TPSA) is 88.2 Å². The molecule has 8 nitrogen and oxygen atoms in total. The lowest BCUT2D eigenvalue weighted by Gasteiger charge is -2.28. The van der Waals surface area contributed by atoms with Crippen LogP contribution in [-0.2, 0) is 19.5 Å². The van der Waals surface area contributed by atoms with Crippen LogP contribution in [0.25, 0.3) is 0 Å². The van der Waals surface area contributed by atoms with Crippen LogP contribution in [0.5, 0.6) is 0 Å². The zero-order valence-corrected chi connectivity index (χ0v) is 18.0. The highest BCUT2D eigenvalue weighted by Gasteiger charge is 2.28. The molecule has 2 saturated heterocycles. The SMILES string of the molecule is Cc1ccc(C(=O)NC(C)CCN2CCOCC2)cc1S(=O)(=O)N1CCOCC1. The maximum Gasteiger partial charge on any atom is 0.251 e. The van der Waals surface area contributed by atoms with Crippen LogP contribution in [0.4, 0.5) is 0 Å². The van der Waals surface area contributed by atoms with E-state index in [2.05, 4.69) is 10.2 Å². The zero-order chi connectivity index (χ0) is 20.9. The quantitative estimate of drug-likeness (QED) is 0.697. The van der Waals surface area contributed by atoms with Crippen LogP contribution in [0.3, 0.4) is 0 Å². The third-order valence-corrected chi connectivity index (χ3v) is 7.44. The van der Waals surface area contributed by atoms with Gasteiger partial charge >= 0.3 is 0 Å². The average molecular weight is 426 g/mol. The van der Waals surface area contributed by atoms with Crippen LogP contribution in [-0.4, -0.2) is 88.7 Å². The Morgan fingerprint density at radius 2 is 1.72 bits per heavy atom. The molecule has 0 bridgehead atoms. The first kappa shape index (κ1) is 22.2. The van der Waals surface area contributed by atoms with Gasteiger partial charge in [0.15, 0.2) is 0 Å². The number of morpholine rings is 2. The van der Waals surface area contributed by atoms with Crippen LogP contribution in [0.2, 0.25) is 0 Å². The first-order chi connectivity index (χ1) is 13.9. The molecular weight excluding hydrogens is 394 g/mol. The number of sulfonamides is 1. The molecular formula is C20H31N3O5S. The minimum absolute atomic E-state index is 0.00838. The van der Waals surface area contributed by atoms with E-state index in [9.17, 15) is 13.2 Å². The summed E-state index contributed by atoms with van der Waals surface area (Å²) in [7, 11) is -3.65. The minimum Gasteiger partial charge on any atom is -0.379 e. The lowest BCUT2D eigenvalue weighted by molar-refractivity contribution is 0.0363. The molecule has 1 N–H and O–H groups in total. The van der Waals surface area contributed by atoms with Crippen molar-refractivity contribution >= 4 is 15.9 Å². The second kappa shape index (κ2) is 9.99. The third-order valence-electron chi connectivity index (χ3n) is 5.40. The van der Waals surface area contributed by atoms with Crippen molar-refractivity contribution in [1.29, 1.82) is 0 Å². The average Bonchev–Trinajstić information content (AvgIpc) is 2.73.